The first kappa shape index (κ1) is 27.9. The van der Waals surface area contributed by atoms with Crippen molar-refractivity contribution >= 4 is 16.8 Å². The molecule has 3 heterocycles. The number of fused-ring (bicyclic) bond motifs is 1. The third kappa shape index (κ3) is 6.72. The molecule has 7 nitrogen and oxygen atoms in total. The Kier molecular flexibility index (Phi) is 9.14. The van der Waals surface area contributed by atoms with E-state index in [-0.39, 0.29) is 11.9 Å². The molecule has 0 aliphatic carbocycles. The maximum atomic E-state index is 13.2. The molecule has 0 radical (unpaired) electrons. The number of nitrogens with zero attached hydrogens (tertiary/aromatic N) is 4. The predicted molar refractivity (Wildman–Crippen MR) is 160 cm³/mol. The van der Waals surface area contributed by atoms with Crippen molar-refractivity contribution in [3.63, 3.8) is 0 Å². The second-order valence-corrected chi connectivity index (χ2v) is 11.0. The molecule has 1 N–H and O–H groups in total. The van der Waals surface area contributed by atoms with Crippen LogP contribution in [0.25, 0.3) is 10.9 Å². The van der Waals surface area contributed by atoms with Crippen LogP contribution < -0.4 is 10.1 Å². The minimum absolute atomic E-state index is 0.0115. The molecule has 1 aliphatic heterocycles. The molecular weight excluding hydrogens is 498 g/mol. The number of aromatic nitrogens is 2. The first-order valence-electron chi connectivity index (χ1n) is 14.4. The molecule has 1 fully saturated rings. The molecule has 1 saturated heterocycles. The number of nitrogens with one attached hydrogen (secondary N) is 1. The number of ether oxygens (including phenoxy) is 1. The highest BCUT2D eigenvalue weighted by Gasteiger charge is 2.25. The third-order valence-electron chi connectivity index (χ3n) is 7.88. The van der Waals surface area contributed by atoms with Gasteiger partial charge in [0.1, 0.15) is 5.75 Å². The minimum Gasteiger partial charge on any atom is -0.497 e. The molecule has 1 atom stereocenters. The molecule has 0 bridgehead atoms. The van der Waals surface area contributed by atoms with E-state index in [9.17, 15) is 4.79 Å². The quantitative estimate of drug-likeness (QED) is 0.332. The van der Waals surface area contributed by atoms with Gasteiger partial charge in [-0.25, -0.2) is 0 Å². The number of benzene rings is 2. The van der Waals surface area contributed by atoms with E-state index in [0.29, 0.717) is 19.0 Å². The molecule has 4 aromatic rings. The van der Waals surface area contributed by atoms with E-state index in [1.807, 2.05) is 24.5 Å². The van der Waals surface area contributed by atoms with Crippen molar-refractivity contribution in [2.24, 2.45) is 0 Å². The summed E-state index contributed by atoms with van der Waals surface area (Å²) in [6.45, 7) is 9.33. The van der Waals surface area contributed by atoms with Crippen molar-refractivity contribution in [1.29, 1.82) is 0 Å². The van der Waals surface area contributed by atoms with Gasteiger partial charge in [0.15, 0.2) is 0 Å². The van der Waals surface area contributed by atoms with Crippen LogP contribution in [0.3, 0.4) is 0 Å². The number of hydrogen-bond acceptors (Lipinski definition) is 5. The fourth-order valence-corrected chi connectivity index (χ4v) is 5.79. The number of carbonyl (C=O) groups is 1. The largest absolute Gasteiger partial charge is 0.497 e. The molecule has 0 saturated carbocycles. The summed E-state index contributed by atoms with van der Waals surface area (Å²) in [4.78, 5) is 22.3. The van der Waals surface area contributed by atoms with Crippen LogP contribution in [0.15, 0.2) is 79.3 Å². The fourth-order valence-electron chi connectivity index (χ4n) is 5.79. The van der Waals surface area contributed by atoms with Gasteiger partial charge in [-0.2, -0.15) is 0 Å². The summed E-state index contributed by atoms with van der Waals surface area (Å²) in [5.74, 6) is 0.968. The number of pyridine rings is 1. The third-order valence-corrected chi connectivity index (χ3v) is 7.88. The van der Waals surface area contributed by atoms with Crippen molar-refractivity contribution in [1.82, 2.24) is 24.7 Å². The standard InChI is InChI=1S/C33H41N5O2/c1-25(2)38-24-28(30-20-29(40-3)10-11-31(30)38)23-36-17-7-18-37(22-26-12-14-34-15-13-26)32(21-33(39)35-16-19-36)27-8-5-4-6-9-27/h4-6,8-15,20,24-25,32H,7,16-19,21-23H2,1-3H3,(H,35,39). The van der Waals surface area contributed by atoms with Crippen LogP contribution in [0.4, 0.5) is 0 Å². The Bertz CT molecular complexity index is 1390. The van der Waals surface area contributed by atoms with E-state index in [0.717, 1.165) is 44.9 Å². The monoisotopic (exact) mass is 539 g/mol. The predicted octanol–water partition coefficient (Wildman–Crippen LogP) is 5.58. The molecule has 0 spiro atoms. The van der Waals surface area contributed by atoms with Crippen LogP contribution in [0.5, 0.6) is 5.75 Å². The topological polar surface area (TPSA) is 62.6 Å². The number of rotatable bonds is 7. The maximum absolute atomic E-state index is 13.2. The van der Waals surface area contributed by atoms with Crippen LogP contribution >= 0.6 is 0 Å². The Labute approximate surface area is 237 Å². The normalized spacial score (nSPS) is 18.0. The molecule has 2 aromatic carbocycles. The van der Waals surface area contributed by atoms with E-state index in [4.69, 9.17) is 4.74 Å². The maximum Gasteiger partial charge on any atom is 0.221 e. The zero-order chi connectivity index (χ0) is 27.9. The van der Waals surface area contributed by atoms with Gasteiger partial charge in [0.2, 0.25) is 5.91 Å². The van der Waals surface area contributed by atoms with Gasteiger partial charge in [0.25, 0.3) is 0 Å². The van der Waals surface area contributed by atoms with Crippen molar-refractivity contribution < 1.29 is 9.53 Å². The van der Waals surface area contributed by atoms with E-state index in [1.165, 1.54) is 27.6 Å². The molecule has 7 heteroatoms. The molecule has 210 valence electrons. The smallest absolute Gasteiger partial charge is 0.221 e. The van der Waals surface area contributed by atoms with E-state index in [1.54, 1.807) is 7.11 Å². The van der Waals surface area contributed by atoms with Crippen LogP contribution in [0.2, 0.25) is 0 Å². The molecular formula is C33H41N5O2. The van der Waals surface area contributed by atoms with E-state index < -0.39 is 0 Å². The van der Waals surface area contributed by atoms with Crippen molar-refractivity contribution in [2.45, 2.75) is 51.9 Å². The van der Waals surface area contributed by atoms with Crippen LogP contribution in [0, 0.1) is 0 Å². The zero-order valence-electron chi connectivity index (χ0n) is 23.9. The van der Waals surface area contributed by atoms with Gasteiger partial charge < -0.3 is 14.6 Å². The van der Waals surface area contributed by atoms with Crippen LogP contribution in [0.1, 0.15) is 55.5 Å². The summed E-state index contributed by atoms with van der Waals surface area (Å²) >= 11 is 0. The lowest BCUT2D eigenvalue weighted by Gasteiger charge is -2.32. The number of hydrogen-bond donors (Lipinski definition) is 1. The van der Waals surface area contributed by atoms with Gasteiger partial charge in [0, 0.05) is 80.7 Å². The summed E-state index contributed by atoms with van der Waals surface area (Å²) in [6.07, 6.45) is 7.43. The summed E-state index contributed by atoms with van der Waals surface area (Å²) in [5.41, 5.74) is 4.91. The van der Waals surface area contributed by atoms with Crippen molar-refractivity contribution in [2.75, 3.05) is 33.3 Å². The first-order chi connectivity index (χ1) is 19.5. The second-order valence-electron chi connectivity index (χ2n) is 11.0. The average Bonchev–Trinajstić information content (AvgIpc) is 3.32. The average molecular weight is 540 g/mol. The van der Waals surface area contributed by atoms with Gasteiger partial charge in [-0.1, -0.05) is 30.3 Å². The SMILES string of the molecule is COc1ccc2c(c1)c(CN1CCCN(Cc3ccncc3)C(c3ccccc3)CC(=O)NCC1)cn2C(C)C. The first-order valence-corrected chi connectivity index (χ1v) is 14.4. The number of amides is 1. The minimum atomic E-state index is 0.0115. The summed E-state index contributed by atoms with van der Waals surface area (Å²) in [5, 5.41) is 4.45. The number of methoxy groups -OCH3 is 1. The Balaban J connectivity index is 1.40. The van der Waals surface area contributed by atoms with E-state index in [2.05, 4.69) is 93.2 Å². The molecule has 40 heavy (non-hydrogen) atoms. The van der Waals surface area contributed by atoms with Crippen molar-refractivity contribution in [3.8, 4) is 5.75 Å². The van der Waals surface area contributed by atoms with Gasteiger partial charge >= 0.3 is 0 Å². The summed E-state index contributed by atoms with van der Waals surface area (Å²) in [6, 6.07) is 21.3. The Morgan fingerprint density at radius 3 is 2.55 bits per heavy atom. The summed E-state index contributed by atoms with van der Waals surface area (Å²) < 4.78 is 7.90. The van der Waals surface area contributed by atoms with Crippen LogP contribution in [-0.2, 0) is 17.9 Å². The highest BCUT2D eigenvalue weighted by Crippen LogP contribution is 2.30. The molecule has 1 aliphatic rings. The Morgan fingerprint density at radius 1 is 1.00 bits per heavy atom. The van der Waals surface area contributed by atoms with Gasteiger partial charge in [-0.05, 0) is 73.8 Å². The zero-order valence-corrected chi connectivity index (χ0v) is 23.9. The van der Waals surface area contributed by atoms with Crippen molar-refractivity contribution in [3.05, 3.63) is 95.9 Å². The van der Waals surface area contributed by atoms with Crippen LogP contribution in [-0.4, -0.2) is 58.5 Å². The fraction of sp³-hybridized carbons (Fsp3) is 0.394. The Hall–Kier alpha value is -3.68. The molecule has 2 aromatic heterocycles. The van der Waals surface area contributed by atoms with Gasteiger partial charge in [-0.15, -0.1) is 0 Å². The molecule has 1 amide bonds. The molecule has 5 rings (SSSR count). The lowest BCUT2D eigenvalue weighted by Crippen LogP contribution is -2.35. The van der Waals surface area contributed by atoms with Gasteiger partial charge in [0.05, 0.1) is 7.11 Å². The number of carbonyl (C=O) groups excluding carboxylic acids is 1. The lowest BCUT2D eigenvalue weighted by molar-refractivity contribution is -0.122. The summed E-state index contributed by atoms with van der Waals surface area (Å²) in [7, 11) is 1.72. The van der Waals surface area contributed by atoms with E-state index >= 15 is 0 Å². The second kappa shape index (κ2) is 13.1. The highest BCUT2D eigenvalue weighted by atomic mass is 16.5. The highest BCUT2D eigenvalue weighted by molar-refractivity contribution is 5.85. The lowest BCUT2D eigenvalue weighted by atomic mass is 10.00. The Morgan fingerprint density at radius 2 is 1.80 bits per heavy atom. The molecule has 1 unspecified atom stereocenters. The van der Waals surface area contributed by atoms with Gasteiger partial charge in [-0.3, -0.25) is 19.6 Å².